The van der Waals surface area contributed by atoms with Crippen LogP contribution in [-0.4, -0.2) is 18.7 Å². The van der Waals surface area contributed by atoms with Crippen molar-refractivity contribution in [2.75, 3.05) is 6.54 Å². The highest BCUT2D eigenvalue weighted by Gasteiger charge is 2.29. The van der Waals surface area contributed by atoms with E-state index in [0.717, 1.165) is 25.1 Å². The Morgan fingerprint density at radius 1 is 1.11 bits per heavy atom. The van der Waals surface area contributed by atoms with Crippen LogP contribution in [-0.2, 0) is 0 Å². The highest BCUT2D eigenvalue weighted by atomic mass is 16.5. The maximum atomic E-state index is 5.99. The van der Waals surface area contributed by atoms with Gasteiger partial charge in [0, 0.05) is 6.04 Å². The summed E-state index contributed by atoms with van der Waals surface area (Å²) < 4.78 is 5.99. The SMILES string of the molecule is CCNC1CC(Oc2ccc3ccccc3c2)C1. The molecule has 1 aliphatic rings. The third kappa shape index (κ3) is 2.34. The molecule has 0 aromatic heterocycles. The molecule has 1 fully saturated rings. The number of hydrogen-bond donors (Lipinski definition) is 1. The number of hydrogen-bond acceptors (Lipinski definition) is 2. The molecule has 3 rings (SSSR count). The summed E-state index contributed by atoms with van der Waals surface area (Å²) in [5.41, 5.74) is 0. The van der Waals surface area contributed by atoms with Gasteiger partial charge < -0.3 is 10.1 Å². The normalized spacial score (nSPS) is 22.7. The lowest BCUT2D eigenvalue weighted by atomic mass is 9.89. The van der Waals surface area contributed by atoms with Crippen LogP contribution in [0.2, 0.25) is 0 Å². The van der Waals surface area contributed by atoms with E-state index in [1.54, 1.807) is 0 Å². The summed E-state index contributed by atoms with van der Waals surface area (Å²) in [6.07, 6.45) is 2.64. The van der Waals surface area contributed by atoms with Gasteiger partial charge in [-0.3, -0.25) is 0 Å². The average molecular weight is 241 g/mol. The lowest BCUT2D eigenvalue weighted by Gasteiger charge is -2.35. The first-order chi connectivity index (χ1) is 8.85. The van der Waals surface area contributed by atoms with E-state index in [4.69, 9.17) is 4.74 Å². The fourth-order valence-corrected chi connectivity index (χ4v) is 2.55. The number of fused-ring (bicyclic) bond motifs is 1. The molecule has 0 heterocycles. The standard InChI is InChI=1S/C16H19NO/c1-2-17-14-10-16(11-14)18-15-8-7-12-5-3-4-6-13(12)9-15/h3-9,14,16-17H,2,10-11H2,1H3. The summed E-state index contributed by atoms with van der Waals surface area (Å²) in [4.78, 5) is 0. The van der Waals surface area contributed by atoms with Crippen molar-refractivity contribution in [3.63, 3.8) is 0 Å². The summed E-state index contributed by atoms with van der Waals surface area (Å²) in [5.74, 6) is 0.994. The molecular formula is C16H19NO. The molecule has 0 atom stereocenters. The molecule has 0 aliphatic heterocycles. The van der Waals surface area contributed by atoms with Crippen molar-refractivity contribution in [1.29, 1.82) is 0 Å². The van der Waals surface area contributed by atoms with Gasteiger partial charge in [-0.1, -0.05) is 37.3 Å². The van der Waals surface area contributed by atoms with Gasteiger partial charge >= 0.3 is 0 Å². The second-order valence-corrected chi connectivity index (χ2v) is 4.97. The molecule has 0 spiro atoms. The molecule has 1 aliphatic carbocycles. The van der Waals surface area contributed by atoms with Crippen LogP contribution in [0.4, 0.5) is 0 Å². The number of benzene rings is 2. The molecular weight excluding hydrogens is 222 g/mol. The summed E-state index contributed by atoms with van der Waals surface area (Å²) >= 11 is 0. The Morgan fingerprint density at radius 3 is 2.67 bits per heavy atom. The van der Waals surface area contributed by atoms with Gasteiger partial charge in [-0.15, -0.1) is 0 Å². The predicted octanol–water partition coefficient (Wildman–Crippen LogP) is 3.36. The summed E-state index contributed by atoms with van der Waals surface area (Å²) in [7, 11) is 0. The monoisotopic (exact) mass is 241 g/mol. The molecule has 1 N–H and O–H groups in total. The van der Waals surface area contributed by atoms with Crippen molar-refractivity contribution in [3.05, 3.63) is 42.5 Å². The van der Waals surface area contributed by atoms with Crippen LogP contribution < -0.4 is 10.1 Å². The van der Waals surface area contributed by atoms with Gasteiger partial charge in [-0.05, 0) is 42.3 Å². The molecule has 0 radical (unpaired) electrons. The van der Waals surface area contributed by atoms with Gasteiger partial charge in [0.25, 0.3) is 0 Å². The predicted molar refractivity (Wildman–Crippen MR) is 75.1 cm³/mol. The number of ether oxygens (including phenoxy) is 1. The minimum absolute atomic E-state index is 0.384. The smallest absolute Gasteiger partial charge is 0.120 e. The van der Waals surface area contributed by atoms with Gasteiger partial charge in [0.15, 0.2) is 0 Å². The van der Waals surface area contributed by atoms with Gasteiger partial charge in [0.1, 0.15) is 11.9 Å². The maximum Gasteiger partial charge on any atom is 0.120 e. The molecule has 2 nitrogen and oxygen atoms in total. The first-order valence-corrected chi connectivity index (χ1v) is 6.74. The summed E-state index contributed by atoms with van der Waals surface area (Å²) in [6.45, 7) is 3.20. The van der Waals surface area contributed by atoms with E-state index in [-0.39, 0.29) is 0 Å². The van der Waals surface area contributed by atoms with E-state index in [1.165, 1.54) is 10.8 Å². The first-order valence-electron chi connectivity index (χ1n) is 6.74. The van der Waals surface area contributed by atoms with E-state index >= 15 is 0 Å². The third-order valence-corrected chi connectivity index (χ3v) is 3.61. The van der Waals surface area contributed by atoms with E-state index in [0.29, 0.717) is 12.1 Å². The molecule has 0 unspecified atom stereocenters. The molecule has 2 aromatic rings. The second kappa shape index (κ2) is 4.99. The van der Waals surface area contributed by atoms with Gasteiger partial charge in [0.05, 0.1) is 0 Å². The van der Waals surface area contributed by atoms with E-state index in [2.05, 4.69) is 54.7 Å². The van der Waals surface area contributed by atoms with Crippen LogP contribution in [0.25, 0.3) is 10.8 Å². The van der Waals surface area contributed by atoms with Crippen LogP contribution in [0.1, 0.15) is 19.8 Å². The van der Waals surface area contributed by atoms with Crippen LogP contribution in [0, 0.1) is 0 Å². The van der Waals surface area contributed by atoms with Crippen LogP contribution in [0.3, 0.4) is 0 Å². The quantitative estimate of drug-likeness (QED) is 0.886. The minimum atomic E-state index is 0.384. The minimum Gasteiger partial charge on any atom is -0.490 e. The number of nitrogens with one attached hydrogen (secondary N) is 1. The summed E-state index contributed by atoms with van der Waals surface area (Å²) in [6, 6.07) is 15.4. The molecule has 0 amide bonds. The summed E-state index contributed by atoms with van der Waals surface area (Å²) in [5, 5.41) is 5.96. The highest BCUT2D eigenvalue weighted by Crippen LogP contribution is 2.28. The topological polar surface area (TPSA) is 21.3 Å². The first kappa shape index (κ1) is 11.5. The van der Waals surface area contributed by atoms with Crippen molar-refractivity contribution >= 4 is 10.8 Å². The largest absolute Gasteiger partial charge is 0.490 e. The Hall–Kier alpha value is -1.54. The molecule has 0 saturated heterocycles. The van der Waals surface area contributed by atoms with E-state index in [9.17, 15) is 0 Å². The van der Waals surface area contributed by atoms with Gasteiger partial charge in [0.2, 0.25) is 0 Å². The molecule has 18 heavy (non-hydrogen) atoms. The number of rotatable bonds is 4. The molecule has 2 aromatic carbocycles. The Kier molecular flexibility index (Phi) is 3.20. The molecule has 94 valence electrons. The van der Waals surface area contributed by atoms with E-state index < -0.39 is 0 Å². The van der Waals surface area contributed by atoms with Crippen molar-refractivity contribution in [2.24, 2.45) is 0 Å². The van der Waals surface area contributed by atoms with Crippen molar-refractivity contribution in [3.8, 4) is 5.75 Å². The second-order valence-electron chi connectivity index (χ2n) is 4.97. The van der Waals surface area contributed by atoms with Crippen molar-refractivity contribution in [2.45, 2.75) is 31.9 Å². The molecule has 0 bridgehead atoms. The Bertz CT molecular complexity index is 531. The van der Waals surface area contributed by atoms with Crippen molar-refractivity contribution < 1.29 is 4.74 Å². The fraction of sp³-hybridized carbons (Fsp3) is 0.375. The fourth-order valence-electron chi connectivity index (χ4n) is 2.55. The average Bonchev–Trinajstić information content (AvgIpc) is 2.36. The lowest BCUT2D eigenvalue weighted by molar-refractivity contribution is 0.0861. The maximum absolute atomic E-state index is 5.99. The Morgan fingerprint density at radius 2 is 1.89 bits per heavy atom. The van der Waals surface area contributed by atoms with Crippen LogP contribution in [0.5, 0.6) is 5.75 Å². The van der Waals surface area contributed by atoms with Gasteiger partial charge in [-0.2, -0.15) is 0 Å². The molecule has 1 saturated carbocycles. The van der Waals surface area contributed by atoms with Crippen molar-refractivity contribution in [1.82, 2.24) is 5.32 Å². The Labute approximate surface area is 108 Å². The third-order valence-electron chi connectivity index (χ3n) is 3.61. The zero-order chi connectivity index (χ0) is 12.4. The van der Waals surface area contributed by atoms with Crippen LogP contribution in [0.15, 0.2) is 42.5 Å². The van der Waals surface area contributed by atoms with Gasteiger partial charge in [-0.25, -0.2) is 0 Å². The van der Waals surface area contributed by atoms with E-state index in [1.807, 2.05) is 0 Å². The highest BCUT2D eigenvalue weighted by molar-refractivity contribution is 5.83. The van der Waals surface area contributed by atoms with Crippen LogP contribution >= 0.6 is 0 Å². The lowest BCUT2D eigenvalue weighted by Crippen LogP contribution is -2.46. The Balaban J connectivity index is 1.65. The zero-order valence-corrected chi connectivity index (χ0v) is 10.7. The zero-order valence-electron chi connectivity index (χ0n) is 10.7. The molecule has 2 heteroatoms.